The lowest BCUT2D eigenvalue weighted by Crippen LogP contribution is -2.18. The standard InChI is InChI=1S/C19H17ClN4O2/c1-24(2)16(25)8-4-12-3-5-13-6-7-15(10-14(13)9-12)26-19-17(20)18(21)22-11-23-19/h3-11H,1-2H3,(H2,21,22,23). The molecule has 0 aliphatic heterocycles. The quantitative estimate of drug-likeness (QED) is 0.709. The van der Waals surface area contributed by atoms with Gasteiger partial charge in [-0.05, 0) is 40.6 Å². The predicted octanol–water partition coefficient (Wildman–Crippen LogP) is 3.76. The number of aromatic nitrogens is 2. The van der Waals surface area contributed by atoms with Crippen molar-refractivity contribution in [2.75, 3.05) is 19.8 Å². The molecule has 0 aliphatic rings. The van der Waals surface area contributed by atoms with Crippen LogP contribution in [0, 0.1) is 0 Å². The van der Waals surface area contributed by atoms with Crippen LogP contribution >= 0.6 is 11.6 Å². The van der Waals surface area contributed by atoms with Crippen molar-refractivity contribution in [3.63, 3.8) is 0 Å². The Morgan fingerprint density at radius 3 is 2.69 bits per heavy atom. The lowest BCUT2D eigenvalue weighted by Gasteiger charge is -2.08. The summed E-state index contributed by atoms with van der Waals surface area (Å²) in [6.45, 7) is 0. The molecule has 7 heteroatoms. The molecule has 0 spiro atoms. The molecule has 26 heavy (non-hydrogen) atoms. The van der Waals surface area contributed by atoms with Crippen molar-refractivity contribution in [1.29, 1.82) is 0 Å². The second-order valence-electron chi connectivity index (χ2n) is 5.81. The average molecular weight is 369 g/mol. The van der Waals surface area contributed by atoms with Crippen molar-refractivity contribution in [1.82, 2.24) is 14.9 Å². The molecule has 3 aromatic rings. The van der Waals surface area contributed by atoms with Gasteiger partial charge in [-0.2, -0.15) is 4.98 Å². The van der Waals surface area contributed by atoms with Gasteiger partial charge < -0.3 is 15.4 Å². The Kier molecular flexibility index (Phi) is 5.04. The van der Waals surface area contributed by atoms with E-state index in [4.69, 9.17) is 22.1 Å². The molecule has 1 aromatic heterocycles. The van der Waals surface area contributed by atoms with E-state index in [0.717, 1.165) is 16.3 Å². The number of hydrogen-bond acceptors (Lipinski definition) is 5. The number of nitrogens with zero attached hydrogens (tertiary/aromatic N) is 3. The molecule has 2 N–H and O–H groups in total. The molecule has 1 heterocycles. The number of halogens is 1. The maximum atomic E-state index is 11.7. The molecule has 0 saturated heterocycles. The Balaban J connectivity index is 1.89. The highest BCUT2D eigenvalue weighted by Crippen LogP contribution is 2.31. The molecule has 6 nitrogen and oxygen atoms in total. The topological polar surface area (TPSA) is 81.3 Å². The van der Waals surface area contributed by atoms with Crippen molar-refractivity contribution in [2.45, 2.75) is 0 Å². The smallest absolute Gasteiger partial charge is 0.246 e. The molecule has 0 bridgehead atoms. The van der Waals surface area contributed by atoms with Crippen molar-refractivity contribution >= 4 is 40.2 Å². The highest BCUT2D eigenvalue weighted by Gasteiger charge is 2.09. The number of anilines is 1. The third-order valence-corrected chi connectivity index (χ3v) is 4.05. The molecular formula is C19H17ClN4O2. The van der Waals surface area contributed by atoms with Crippen LogP contribution in [0.3, 0.4) is 0 Å². The summed E-state index contributed by atoms with van der Waals surface area (Å²) in [4.78, 5) is 21.0. The lowest BCUT2D eigenvalue weighted by molar-refractivity contribution is -0.123. The average Bonchev–Trinajstić information content (AvgIpc) is 2.63. The van der Waals surface area contributed by atoms with Gasteiger partial charge in [0.25, 0.3) is 0 Å². The molecule has 0 unspecified atom stereocenters. The van der Waals surface area contributed by atoms with Gasteiger partial charge in [-0.3, -0.25) is 4.79 Å². The van der Waals surface area contributed by atoms with Crippen molar-refractivity contribution in [3.05, 3.63) is 59.4 Å². The van der Waals surface area contributed by atoms with E-state index in [0.29, 0.717) is 5.75 Å². The van der Waals surface area contributed by atoms with Crippen LogP contribution in [0.2, 0.25) is 5.02 Å². The van der Waals surface area contributed by atoms with Gasteiger partial charge in [-0.1, -0.05) is 29.8 Å². The minimum atomic E-state index is -0.0711. The van der Waals surface area contributed by atoms with Gasteiger partial charge in [0.2, 0.25) is 11.8 Å². The van der Waals surface area contributed by atoms with Gasteiger partial charge in [0, 0.05) is 20.2 Å². The second kappa shape index (κ2) is 7.41. The molecule has 0 aliphatic carbocycles. The van der Waals surface area contributed by atoms with E-state index in [9.17, 15) is 4.79 Å². The molecule has 2 aromatic carbocycles. The Hall–Kier alpha value is -3.12. The zero-order chi connectivity index (χ0) is 18.7. The van der Waals surface area contributed by atoms with Gasteiger partial charge in [0.05, 0.1) is 0 Å². The monoisotopic (exact) mass is 368 g/mol. The van der Waals surface area contributed by atoms with E-state index in [-0.39, 0.29) is 22.6 Å². The summed E-state index contributed by atoms with van der Waals surface area (Å²) in [5.74, 6) is 0.864. The second-order valence-corrected chi connectivity index (χ2v) is 6.19. The zero-order valence-electron chi connectivity index (χ0n) is 14.3. The predicted molar refractivity (Wildman–Crippen MR) is 103 cm³/mol. The Morgan fingerprint density at radius 2 is 1.92 bits per heavy atom. The van der Waals surface area contributed by atoms with Crippen LogP contribution in [-0.2, 0) is 4.79 Å². The molecule has 3 rings (SSSR count). The van der Waals surface area contributed by atoms with Gasteiger partial charge >= 0.3 is 0 Å². The SMILES string of the molecule is CN(C)C(=O)C=Cc1ccc2ccc(Oc3ncnc(N)c3Cl)cc2c1. The lowest BCUT2D eigenvalue weighted by atomic mass is 10.1. The van der Waals surface area contributed by atoms with Crippen LogP contribution in [0.1, 0.15) is 5.56 Å². The number of carbonyl (C=O) groups is 1. The largest absolute Gasteiger partial charge is 0.437 e. The van der Waals surface area contributed by atoms with E-state index in [2.05, 4.69) is 9.97 Å². The van der Waals surface area contributed by atoms with Crippen LogP contribution in [0.25, 0.3) is 16.8 Å². The molecule has 0 atom stereocenters. The van der Waals surface area contributed by atoms with Crippen molar-refractivity contribution in [3.8, 4) is 11.6 Å². The van der Waals surface area contributed by atoms with Crippen LogP contribution in [0.5, 0.6) is 11.6 Å². The number of rotatable bonds is 4. The maximum absolute atomic E-state index is 11.7. The summed E-state index contributed by atoms with van der Waals surface area (Å²) in [5.41, 5.74) is 6.57. The number of ether oxygens (including phenoxy) is 1. The number of hydrogen-bond donors (Lipinski definition) is 1. The first kappa shape index (κ1) is 17.7. The normalized spacial score (nSPS) is 11.0. The zero-order valence-corrected chi connectivity index (χ0v) is 15.1. The Bertz CT molecular complexity index is 1000. The summed E-state index contributed by atoms with van der Waals surface area (Å²) < 4.78 is 5.73. The minimum absolute atomic E-state index is 0.0711. The Morgan fingerprint density at radius 1 is 1.15 bits per heavy atom. The van der Waals surface area contributed by atoms with Crippen LogP contribution in [0.4, 0.5) is 5.82 Å². The van der Waals surface area contributed by atoms with Crippen molar-refractivity contribution in [2.24, 2.45) is 0 Å². The number of amides is 1. The third kappa shape index (κ3) is 3.92. The van der Waals surface area contributed by atoms with Crippen molar-refractivity contribution < 1.29 is 9.53 Å². The first-order valence-corrected chi connectivity index (χ1v) is 8.19. The molecule has 0 radical (unpaired) electrons. The number of nitrogen functional groups attached to an aromatic ring is 1. The molecule has 0 saturated carbocycles. The summed E-state index contributed by atoms with van der Waals surface area (Å²) in [6.07, 6.45) is 4.60. The number of benzene rings is 2. The summed E-state index contributed by atoms with van der Waals surface area (Å²) in [6, 6.07) is 11.5. The van der Waals surface area contributed by atoms with Crippen LogP contribution in [0.15, 0.2) is 48.8 Å². The third-order valence-electron chi connectivity index (χ3n) is 3.69. The van der Waals surface area contributed by atoms with E-state index < -0.39 is 0 Å². The van der Waals surface area contributed by atoms with E-state index in [1.165, 1.54) is 17.3 Å². The summed E-state index contributed by atoms with van der Waals surface area (Å²) in [7, 11) is 3.42. The van der Waals surface area contributed by atoms with E-state index in [1.54, 1.807) is 20.2 Å². The fourth-order valence-electron chi connectivity index (χ4n) is 2.28. The first-order valence-electron chi connectivity index (χ1n) is 7.81. The number of carbonyl (C=O) groups excluding carboxylic acids is 1. The molecule has 0 fully saturated rings. The van der Waals surface area contributed by atoms with Crippen LogP contribution in [-0.4, -0.2) is 34.9 Å². The molecule has 132 valence electrons. The number of fused-ring (bicyclic) bond motifs is 1. The fourth-order valence-corrected chi connectivity index (χ4v) is 2.41. The Labute approximate surface area is 155 Å². The van der Waals surface area contributed by atoms with Gasteiger partial charge in [0.1, 0.15) is 22.9 Å². The van der Waals surface area contributed by atoms with Gasteiger partial charge in [-0.25, -0.2) is 4.98 Å². The van der Waals surface area contributed by atoms with Gasteiger partial charge in [0.15, 0.2) is 0 Å². The fraction of sp³-hybridized carbons (Fsp3) is 0.105. The van der Waals surface area contributed by atoms with Gasteiger partial charge in [-0.15, -0.1) is 0 Å². The number of nitrogens with two attached hydrogens (primary N) is 1. The molecule has 1 amide bonds. The number of likely N-dealkylation sites (N-methyl/N-ethyl adjacent to an activating group) is 1. The molecular weight excluding hydrogens is 352 g/mol. The summed E-state index contributed by atoms with van der Waals surface area (Å²) in [5, 5.41) is 2.17. The van der Waals surface area contributed by atoms with E-state index in [1.807, 2.05) is 36.4 Å². The summed E-state index contributed by atoms with van der Waals surface area (Å²) >= 11 is 6.06. The minimum Gasteiger partial charge on any atom is -0.437 e. The van der Waals surface area contributed by atoms with E-state index >= 15 is 0 Å². The first-order chi connectivity index (χ1) is 12.4. The van der Waals surface area contributed by atoms with Crippen LogP contribution < -0.4 is 10.5 Å². The highest BCUT2D eigenvalue weighted by atomic mass is 35.5. The highest BCUT2D eigenvalue weighted by molar-refractivity contribution is 6.34. The maximum Gasteiger partial charge on any atom is 0.246 e.